The molecule has 0 radical (unpaired) electrons. The summed E-state index contributed by atoms with van der Waals surface area (Å²) in [6.45, 7) is 1.87. The van der Waals surface area contributed by atoms with Crippen molar-refractivity contribution in [1.29, 1.82) is 0 Å². The second kappa shape index (κ2) is 6.67. The van der Waals surface area contributed by atoms with Crippen LogP contribution in [0.15, 0.2) is 66.7 Å². The summed E-state index contributed by atoms with van der Waals surface area (Å²) >= 11 is 5.96. The fraction of sp³-hybridized carbons (Fsp3) is 0.0500. The van der Waals surface area contributed by atoms with Crippen molar-refractivity contribution in [2.45, 2.75) is 6.92 Å². The lowest BCUT2D eigenvalue weighted by Crippen LogP contribution is -2.03. The first-order chi connectivity index (χ1) is 11.1. The summed E-state index contributed by atoms with van der Waals surface area (Å²) in [4.78, 5) is 12.0. The van der Waals surface area contributed by atoms with Crippen LogP contribution in [0.1, 0.15) is 11.1 Å². The predicted octanol–water partition coefficient (Wildman–Crippen LogP) is 5.42. The average Bonchev–Trinajstić information content (AvgIpc) is 2.56. The molecule has 3 aromatic carbocycles. The third kappa shape index (κ3) is 3.61. The van der Waals surface area contributed by atoms with Crippen LogP contribution in [0, 0.1) is 6.92 Å². The van der Waals surface area contributed by atoms with E-state index in [1.54, 1.807) is 24.3 Å². The maximum Gasteiger partial charge on any atom is 0.336 e. The van der Waals surface area contributed by atoms with Gasteiger partial charge in [0.15, 0.2) is 0 Å². The number of esters is 1. The summed E-state index contributed by atoms with van der Waals surface area (Å²) in [5.74, 6) is 0.0686. The lowest BCUT2D eigenvalue weighted by atomic mass is 10.0. The Balaban J connectivity index is 1.78. The summed E-state index contributed by atoms with van der Waals surface area (Å²) < 4.78 is 5.30. The number of aryl methyl sites for hydroxylation is 1. The van der Waals surface area contributed by atoms with E-state index in [0.717, 1.165) is 21.9 Å². The molecule has 0 saturated carbocycles. The van der Waals surface area contributed by atoms with E-state index in [4.69, 9.17) is 16.3 Å². The van der Waals surface area contributed by atoms with Crippen LogP contribution in [-0.2, 0) is 4.79 Å². The van der Waals surface area contributed by atoms with Gasteiger partial charge < -0.3 is 4.74 Å². The van der Waals surface area contributed by atoms with Crippen LogP contribution in [-0.4, -0.2) is 5.97 Å². The highest BCUT2D eigenvalue weighted by atomic mass is 35.5. The van der Waals surface area contributed by atoms with Crippen LogP contribution in [0.4, 0.5) is 0 Å². The molecule has 0 unspecified atom stereocenters. The molecule has 114 valence electrons. The Kier molecular flexibility index (Phi) is 4.45. The highest BCUT2D eigenvalue weighted by molar-refractivity contribution is 6.31. The number of carbonyl (C=O) groups excluding carboxylic acids is 1. The van der Waals surface area contributed by atoms with Crippen molar-refractivity contribution in [1.82, 2.24) is 0 Å². The fourth-order valence-corrected chi connectivity index (χ4v) is 2.50. The normalized spacial score (nSPS) is 11.0. The number of carbonyl (C=O) groups is 1. The third-order valence-electron chi connectivity index (χ3n) is 3.57. The molecule has 3 aromatic rings. The molecule has 0 spiro atoms. The Morgan fingerprint density at radius 1 is 1.04 bits per heavy atom. The monoisotopic (exact) mass is 322 g/mol. The minimum Gasteiger partial charge on any atom is -0.423 e. The van der Waals surface area contributed by atoms with Crippen LogP contribution in [0.2, 0.25) is 5.02 Å². The van der Waals surface area contributed by atoms with Gasteiger partial charge in [-0.2, -0.15) is 0 Å². The number of benzene rings is 3. The third-order valence-corrected chi connectivity index (χ3v) is 3.99. The molecular formula is C20H15ClO2. The molecule has 3 heteroatoms. The molecule has 2 nitrogen and oxygen atoms in total. The Labute approximate surface area is 140 Å². The molecule has 0 N–H and O–H groups in total. The molecule has 0 atom stereocenters. The van der Waals surface area contributed by atoms with Crippen molar-refractivity contribution >= 4 is 34.4 Å². The Hall–Kier alpha value is -2.58. The number of hydrogen-bond acceptors (Lipinski definition) is 2. The van der Waals surface area contributed by atoms with Gasteiger partial charge in [-0.25, -0.2) is 4.79 Å². The highest BCUT2D eigenvalue weighted by Gasteiger charge is 2.03. The molecule has 0 bridgehead atoms. The largest absolute Gasteiger partial charge is 0.423 e. The topological polar surface area (TPSA) is 26.3 Å². The van der Waals surface area contributed by atoms with Gasteiger partial charge >= 0.3 is 5.97 Å². The van der Waals surface area contributed by atoms with Crippen molar-refractivity contribution in [3.63, 3.8) is 0 Å². The zero-order valence-corrected chi connectivity index (χ0v) is 13.4. The van der Waals surface area contributed by atoms with E-state index in [-0.39, 0.29) is 0 Å². The van der Waals surface area contributed by atoms with E-state index in [9.17, 15) is 4.79 Å². The van der Waals surface area contributed by atoms with Gasteiger partial charge in [0.1, 0.15) is 5.75 Å². The molecule has 0 saturated heterocycles. The minimum absolute atomic E-state index is 0.417. The zero-order chi connectivity index (χ0) is 16.2. The van der Waals surface area contributed by atoms with Gasteiger partial charge in [0.05, 0.1) is 0 Å². The maximum atomic E-state index is 12.0. The number of halogens is 1. The Bertz CT molecular complexity index is 892. The van der Waals surface area contributed by atoms with Crippen molar-refractivity contribution in [2.24, 2.45) is 0 Å². The second-order valence-corrected chi connectivity index (χ2v) is 5.64. The second-order valence-electron chi connectivity index (χ2n) is 5.23. The summed E-state index contributed by atoms with van der Waals surface area (Å²) in [5, 5.41) is 2.88. The van der Waals surface area contributed by atoms with Crippen LogP contribution >= 0.6 is 11.6 Å². The molecule has 3 rings (SSSR count). The summed E-state index contributed by atoms with van der Waals surface area (Å²) in [6.07, 6.45) is 3.21. The van der Waals surface area contributed by atoms with Crippen molar-refractivity contribution in [3.8, 4) is 5.75 Å². The molecule has 0 amide bonds. The number of ether oxygens (including phenoxy) is 1. The maximum absolute atomic E-state index is 12.0. The zero-order valence-electron chi connectivity index (χ0n) is 12.6. The molecule has 0 aliphatic carbocycles. The van der Waals surface area contributed by atoms with Crippen LogP contribution < -0.4 is 4.74 Å². The number of fused-ring (bicyclic) bond motifs is 1. The molecule has 23 heavy (non-hydrogen) atoms. The molecule has 0 aromatic heterocycles. The van der Waals surface area contributed by atoms with Crippen LogP contribution in [0.5, 0.6) is 5.75 Å². The summed E-state index contributed by atoms with van der Waals surface area (Å²) in [7, 11) is 0. The van der Waals surface area contributed by atoms with Gasteiger partial charge in [-0.3, -0.25) is 0 Å². The minimum atomic E-state index is -0.417. The Morgan fingerprint density at radius 2 is 1.83 bits per heavy atom. The smallest absolute Gasteiger partial charge is 0.336 e. The molecule has 0 heterocycles. The van der Waals surface area contributed by atoms with E-state index in [1.165, 1.54) is 6.08 Å². The standard InChI is InChI=1S/C20H15ClO2/c1-14-13-17(10-11-19(14)21)23-20(22)12-9-16-7-4-6-15-5-2-3-8-18(15)16/h2-13H,1H3. The van der Waals surface area contributed by atoms with Crippen LogP contribution in [0.25, 0.3) is 16.8 Å². The summed E-state index contributed by atoms with van der Waals surface area (Å²) in [5.41, 5.74) is 1.85. The first-order valence-electron chi connectivity index (χ1n) is 7.27. The predicted molar refractivity (Wildman–Crippen MR) is 94.8 cm³/mol. The van der Waals surface area contributed by atoms with Crippen molar-refractivity contribution in [2.75, 3.05) is 0 Å². The highest BCUT2D eigenvalue weighted by Crippen LogP contribution is 2.22. The quantitative estimate of drug-likeness (QED) is 0.365. The Morgan fingerprint density at radius 3 is 2.65 bits per heavy atom. The number of rotatable bonds is 3. The van der Waals surface area contributed by atoms with Gasteiger partial charge in [0, 0.05) is 11.1 Å². The van der Waals surface area contributed by atoms with Gasteiger partial charge in [0.2, 0.25) is 0 Å². The average molecular weight is 323 g/mol. The van der Waals surface area contributed by atoms with Gasteiger partial charge in [-0.15, -0.1) is 0 Å². The van der Waals surface area contributed by atoms with E-state index < -0.39 is 5.97 Å². The van der Waals surface area contributed by atoms with Gasteiger partial charge in [0.25, 0.3) is 0 Å². The van der Waals surface area contributed by atoms with Crippen molar-refractivity contribution in [3.05, 3.63) is 82.9 Å². The lowest BCUT2D eigenvalue weighted by Gasteiger charge is -2.04. The lowest BCUT2D eigenvalue weighted by molar-refractivity contribution is -0.128. The van der Waals surface area contributed by atoms with Gasteiger partial charge in [-0.1, -0.05) is 54.1 Å². The van der Waals surface area contributed by atoms with E-state index in [2.05, 4.69) is 0 Å². The molecule has 0 fully saturated rings. The van der Waals surface area contributed by atoms with Gasteiger partial charge in [-0.05, 0) is 53.1 Å². The molecule has 0 aliphatic rings. The fourth-order valence-electron chi connectivity index (χ4n) is 2.38. The summed E-state index contributed by atoms with van der Waals surface area (Å²) in [6, 6.07) is 19.2. The number of hydrogen-bond donors (Lipinski definition) is 0. The molecule has 0 aliphatic heterocycles. The van der Waals surface area contributed by atoms with Crippen molar-refractivity contribution < 1.29 is 9.53 Å². The van der Waals surface area contributed by atoms with E-state index in [0.29, 0.717) is 10.8 Å². The molecular weight excluding hydrogens is 308 g/mol. The van der Waals surface area contributed by atoms with E-state index in [1.807, 2.05) is 49.4 Å². The van der Waals surface area contributed by atoms with E-state index >= 15 is 0 Å². The first kappa shape index (κ1) is 15.3. The first-order valence-corrected chi connectivity index (χ1v) is 7.65. The SMILES string of the molecule is Cc1cc(OC(=O)C=Cc2cccc3ccccc23)ccc1Cl. The van der Waals surface area contributed by atoms with Crippen LogP contribution in [0.3, 0.4) is 0 Å².